The first-order valence-corrected chi connectivity index (χ1v) is 6.11. The van der Waals surface area contributed by atoms with Crippen molar-refractivity contribution >= 4 is 17.7 Å². The fraction of sp³-hybridized carbons (Fsp3) is 0.286. The summed E-state index contributed by atoms with van der Waals surface area (Å²) in [6.45, 7) is 5.49. The number of nitrogens with one attached hydrogen (secondary N) is 1. The van der Waals surface area contributed by atoms with Crippen LogP contribution in [-0.4, -0.2) is 46.8 Å². The third kappa shape index (κ3) is 3.83. The summed E-state index contributed by atoms with van der Waals surface area (Å²) in [7, 11) is 0. The lowest BCUT2D eigenvalue weighted by atomic mass is 10.1. The van der Waals surface area contributed by atoms with Crippen LogP contribution in [0.1, 0.15) is 15.9 Å². The third-order valence-corrected chi connectivity index (χ3v) is 2.81. The van der Waals surface area contributed by atoms with Crippen LogP contribution in [0.5, 0.6) is 0 Å². The van der Waals surface area contributed by atoms with Gasteiger partial charge in [-0.25, -0.2) is 9.59 Å². The Morgan fingerprint density at radius 2 is 2.15 bits per heavy atom. The van der Waals surface area contributed by atoms with Crippen LogP contribution in [0.15, 0.2) is 30.9 Å². The number of aliphatic hydroxyl groups excluding tert-OH is 1. The van der Waals surface area contributed by atoms with E-state index in [1.807, 2.05) is 0 Å². The number of rotatable bonds is 6. The van der Waals surface area contributed by atoms with Crippen molar-refractivity contribution in [3.63, 3.8) is 0 Å². The molecule has 0 atom stereocenters. The Morgan fingerprint density at radius 1 is 1.45 bits per heavy atom. The summed E-state index contributed by atoms with van der Waals surface area (Å²) < 4.78 is 0. The number of carboxylic acids is 1. The Kier molecular flexibility index (Phi) is 5.74. The molecule has 0 saturated heterocycles. The molecule has 6 nitrogen and oxygen atoms in total. The lowest BCUT2D eigenvalue weighted by molar-refractivity contribution is 0.0696. The normalized spacial score (nSPS) is 9.90. The Bertz CT molecular complexity index is 514. The summed E-state index contributed by atoms with van der Waals surface area (Å²) in [5.41, 5.74) is 1.05. The number of urea groups is 1. The summed E-state index contributed by atoms with van der Waals surface area (Å²) >= 11 is 0. The van der Waals surface area contributed by atoms with E-state index in [-0.39, 0.29) is 18.7 Å². The fourth-order valence-corrected chi connectivity index (χ4v) is 1.75. The van der Waals surface area contributed by atoms with Gasteiger partial charge in [-0.05, 0) is 24.6 Å². The maximum absolute atomic E-state index is 12.0. The van der Waals surface area contributed by atoms with Crippen LogP contribution in [0.3, 0.4) is 0 Å². The summed E-state index contributed by atoms with van der Waals surface area (Å²) in [4.78, 5) is 24.4. The molecule has 0 radical (unpaired) electrons. The Labute approximate surface area is 117 Å². The van der Waals surface area contributed by atoms with E-state index in [1.165, 1.54) is 11.0 Å². The molecule has 0 bridgehead atoms. The van der Waals surface area contributed by atoms with Crippen molar-refractivity contribution < 1.29 is 19.8 Å². The smallest absolute Gasteiger partial charge is 0.336 e. The van der Waals surface area contributed by atoms with Gasteiger partial charge in [0.05, 0.1) is 12.2 Å². The molecule has 20 heavy (non-hydrogen) atoms. The van der Waals surface area contributed by atoms with Gasteiger partial charge >= 0.3 is 12.0 Å². The second-order valence-corrected chi connectivity index (χ2v) is 4.17. The summed E-state index contributed by atoms with van der Waals surface area (Å²) in [6, 6.07) is 4.26. The molecule has 3 N–H and O–H groups in total. The van der Waals surface area contributed by atoms with Crippen molar-refractivity contribution in [1.82, 2.24) is 4.90 Å². The number of carboxylic acid groups (broad SMARTS) is 1. The number of benzene rings is 1. The van der Waals surface area contributed by atoms with Crippen LogP contribution in [0.2, 0.25) is 0 Å². The van der Waals surface area contributed by atoms with Crippen molar-refractivity contribution in [1.29, 1.82) is 0 Å². The fourth-order valence-electron chi connectivity index (χ4n) is 1.75. The second-order valence-electron chi connectivity index (χ2n) is 4.17. The standard InChI is InChI=1S/C14H18N2O4/c1-3-7-16(8-9-17)14(20)15-12-6-4-5-11(10(12)2)13(18)19/h3-6,17H,1,7-9H2,2H3,(H,15,20)(H,18,19). The number of amides is 2. The number of carbonyl (C=O) groups excluding carboxylic acids is 1. The highest BCUT2D eigenvalue weighted by molar-refractivity contribution is 5.95. The molecule has 1 rings (SSSR count). The molecule has 1 aromatic rings. The molecular weight excluding hydrogens is 260 g/mol. The third-order valence-electron chi connectivity index (χ3n) is 2.81. The van der Waals surface area contributed by atoms with Gasteiger partial charge in [-0.15, -0.1) is 6.58 Å². The van der Waals surface area contributed by atoms with Crippen LogP contribution in [0.4, 0.5) is 10.5 Å². The molecule has 0 aliphatic rings. The highest BCUT2D eigenvalue weighted by Gasteiger charge is 2.15. The second kappa shape index (κ2) is 7.30. The van der Waals surface area contributed by atoms with Gasteiger partial charge in [0, 0.05) is 18.8 Å². The molecule has 0 fully saturated rings. The van der Waals surface area contributed by atoms with E-state index in [0.717, 1.165) is 0 Å². The van der Waals surface area contributed by atoms with E-state index >= 15 is 0 Å². The van der Waals surface area contributed by atoms with Crippen LogP contribution in [0.25, 0.3) is 0 Å². The van der Waals surface area contributed by atoms with E-state index in [4.69, 9.17) is 10.2 Å². The van der Waals surface area contributed by atoms with Gasteiger partial charge in [-0.2, -0.15) is 0 Å². The molecule has 6 heteroatoms. The number of hydrogen-bond donors (Lipinski definition) is 3. The zero-order chi connectivity index (χ0) is 15.1. The first kappa shape index (κ1) is 15.7. The van der Waals surface area contributed by atoms with Gasteiger partial charge < -0.3 is 20.4 Å². The summed E-state index contributed by atoms with van der Waals surface area (Å²) in [5.74, 6) is -1.04. The largest absolute Gasteiger partial charge is 0.478 e. The summed E-state index contributed by atoms with van der Waals surface area (Å²) in [6.07, 6.45) is 1.55. The molecule has 0 saturated carbocycles. The SMILES string of the molecule is C=CCN(CCO)C(=O)Nc1cccc(C(=O)O)c1C. The minimum atomic E-state index is -1.04. The zero-order valence-corrected chi connectivity index (χ0v) is 11.3. The average molecular weight is 278 g/mol. The molecule has 0 unspecified atom stereocenters. The van der Waals surface area contributed by atoms with E-state index in [9.17, 15) is 9.59 Å². The number of carbonyl (C=O) groups is 2. The summed E-state index contributed by atoms with van der Waals surface area (Å²) in [5, 5.41) is 20.6. The van der Waals surface area contributed by atoms with Crippen LogP contribution in [-0.2, 0) is 0 Å². The lowest BCUT2D eigenvalue weighted by Crippen LogP contribution is -2.37. The van der Waals surface area contributed by atoms with Gasteiger partial charge in [0.2, 0.25) is 0 Å². The van der Waals surface area contributed by atoms with Crippen molar-refractivity contribution in [3.8, 4) is 0 Å². The van der Waals surface area contributed by atoms with Crippen LogP contribution < -0.4 is 5.32 Å². The first-order chi connectivity index (χ1) is 9.51. The molecule has 1 aromatic carbocycles. The first-order valence-electron chi connectivity index (χ1n) is 6.11. The van der Waals surface area contributed by atoms with Crippen LogP contribution >= 0.6 is 0 Å². The number of hydrogen-bond acceptors (Lipinski definition) is 3. The van der Waals surface area contributed by atoms with Gasteiger partial charge in [0.15, 0.2) is 0 Å². The van der Waals surface area contributed by atoms with Gasteiger partial charge in [-0.3, -0.25) is 0 Å². The lowest BCUT2D eigenvalue weighted by Gasteiger charge is -2.21. The maximum atomic E-state index is 12.0. The van der Waals surface area contributed by atoms with E-state index in [1.54, 1.807) is 25.1 Å². The Balaban J connectivity index is 2.92. The van der Waals surface area contributed by atoms with Gasteiger partial charge in [0.1, 0.15) is 0 Å². The zero-order valence-electron chi connectivity index (χ0n) is 11.3. The van der Waals surface area contributed by atoms with Crippen molar-refractivity contribution in [2.75, 3.05) is 25.0 Å². The molecular formula is C14H18N2O4. The highest BCUT2D eigenvalue weighted by Crippen LogP contribution is 2.19. The number of nitrogens with zero attached hydrogens (tertiary/aromatic N) is 1. The van der Waals surface area contributed by atoms with Gasteiger partial charge in [-0.1, -0.05) is 12.1 Å². The van der Waals surface area contributed by atoms with Crippen molar-refractivity contribution in [2.24, 2.45) is 0 Å². The molecule has 0 aromatic heterocycles. The predicted molar refractivity (Wildman–Crippen MR) is 76.0 cm³/mol. The minimum Gasteiger partial charge on any atom is -0.478 e. The molecule has 0 aliphatic heterocycles. The monoisotopic (exact) mass is 278 g/mol. The highest BCUT2D eigenvalue weighted by atomic mass is 16.4. The Morgan fingerprint density at radius 3 is 2.70 bits per heavy atom. The van der Waals surface area contributed by atoms with Crippen molar-refractivity contribution in [2.45, 2.75) is 6.92 Å². The topological polar surface area (TPSA) is 89.9 Å². The van der Waals surface area contributed by atoms with Crippen molar-refractivity contribution in [3.05, 3.63) is 42.0 Å². The molecule has 0 aliphatic carbocycles. The average Bonchev–Trinajstić information content (AvgIpc) is 2.40. The Hall–Kier alpha value is -2.34. The van der Waals surface area contributed by atoms with E-state index < -0.39 is 12.0 Å². The van der Waals surface area contributed by atoms with E-state index in [0.29, 0.717) is 17.8 Å². The van der Waals surface area contributed by atoms with E-state index in [2.05, 4.69) is 11.9 Å². The van der Waals surface area contributed by atoms with Gasteiger partial charge in [0.25, 0.3) is 0 Å². The molecule has 2 amide bonds. The maximum Gasteiger partial charge on any atom is 0.336 e. The predicted octanol–water partition coefficient (Wildman–Crippen LogP) is 1.71. The molecule has 0 spiro atoms. The number of anilines is 1. The number of aliphatic hydroxyl groups is 1. The minimum absolute atomic E-state index is 0.139. The quantitative estimate of drug-likeness (QED) is 0.691. The molecule has 108 valence electrons. The van der Waals surface area contributed by atoms with Crippen LogP contribution in [0, 0.1) is 6.92 Å². The number of aromatic carboxylic acids is 1. The molecule has 0 heterocycles.